The summed E-state index contributed by atoms with van der Waals surface area (Å²) in [5.74, 6) is -0.355. The second-order valence-electron chi connectivity index (χ2n) is 7.48. The molecule has 0 radical (unpaired) electrons. The molecule has 1 heterocycles. The van der Waals surface area contributed by atoms with Crippen molar-refractivity contribution in [3.05, 3.63) is 34.9 Å². The number of carbonyl (C=O) groups is 2. The van der Waals surface area contributed by atoms with E-state index in [9.17, 15) is 9.59 Å². The largest absolute Gasteiger partial charge is 0.465 e. The van der Waals surface area contributed by atoms with Gasteiger partial charge in [-0.1, -0.05) is 6.07 Å². The van der Waals surface area contributed by atoms with Gasteiger partial charge in [-0.15, -0.1) is 0 Å². The Morgan fingerprint density at radius 3 is 2.48 bits per heavy atom. The highest BCUT2D eigenvalue weighted by molar-refractivity contribution is 5.89. The van der Waals surface area contributed by atoms with E-state index in [1.807, 2.05) is 39.0 Å². The molecule has 0 unspecified atom stereocenters. The molecule has 1 saturated carbocycles. The number of nitrogens with zero attached hydrogens (tertiary/aromatic N) is 1. The second kappa shape index (κ2) is 5.25. The van der Waals surface area contributed by atoms with Crippen LogP contribution in [0.15, 0.2) is 18.2 Å². The van der Waals surface area contributed by atoms with Gasteiger partial charge in [0.25, 0.3) is 0 Å². The maximum atomic E-state index is 12.4. The van der Waals surface area contributed by atoms with Gasteiger partial charge in [-0.05, 0) is 56.9 Å². The highest BCUT2D eigenvalue weighted by atomic mass is 16.6. The van der Waals surface area contributed by atoms with E-state index in [1.54, 1.807) is 4.90 Å². The molecule has 0 atom stereocenters. The molecule has 0 saturated heterocycles. The van der Waals surface area contributed by atoms with E-state index in [0.29, 0.717) is 18.7 Å². The molecule has 5 heteroatoms. The quantitative estimate of drug-likeness (QED) is 0.746. The Hall–Kier alpha value is -2.04. The molecule has 124 valence electrons. The van der Waals surface area contributed by atoms with Crippen molar-refractivity contribution in [3.63, 3.8) is 0 Å². The summed E-state index contributed by atoms with van der Waals surface area (Å²) in [7, 11) is 1.37. The van der Waals surface area contributed by atoms with Crippen LogP contribution in [0.4, 0.5) is 4.79 Å². The third-order valence-corrected chi connectivity index (χ3v) is 4.46. The second-order valence-corrected chi connectivity index (χ2v) is 7.48. The van der Waals surface area contributed by atoms with Crippen LogP contribution in [0.2, 0.25) is 0 Å². The van der Waals surface area contributed by atoms with Gasteiger partial charge in [-0.25, -0.2) is 9.59 Å². The predicted molar refractivity (Wildman–Crippen MR) is 85.3 cm³/mol. The fourth-order valence-electron chi connectivity index (χ4n) is 3.23. The Bertz CT molecular complexity index is 655. The first kappa shape index (κ1) is 15.8. The summed E-state index contributed by atoms with van der Waals surface area (Å²) >= 11 is 0. The summed E-state index contributed by atoms with van der Waals surface area (Å²) in [6, 6.07) is 5.67. The number of hydrogen-bond donors (Lipinski definition) is 0. The van der Waals surface area contributed by atoms with E-state index in [-0.39, 0.29) is 17.5 Å². The molecule has 2 aliphatic rings. The number of carbonyl (C=O) groups excluding carboxylic acids is 2. The van der Waals surface area contributed by atoms with Crippen LogP contribution in [0.3, 0.4) is 0 Å². The first-order valence-electron chi connectivity index (χ1n) is 7.94. The van der Waals surface area contributed by atoms with Gasteiger partial charge in [-0.3, -0.25) is 0 Å². The van der Waals surface area contributed by atoms with Crippen molar-refractivity contribution in [2.24, 2.45) is 0 Å². The average Bonchev–Trinajstić information content (AvgIpc) is 3.24. The minimum atomic E-state index is -0.512. The fourth-order valence-corrected chi connectivity index (χ4v) is 3.23. The monoisotopic (exact) mass is 317 g/mol. The Morgan fingerprint density at radius 1 is 1.22 bits per heavy atom. The number of methoxy groups -OCH3 is 1. The number of rotatable bonds is 1. The fraction of sp³-hybridized carbons (Fsp3) is 0.556. The van der Waals surface area contributed by atoms with E-state index in [1.165, 1.54) is 12.7 Å². The lowest BCUT2D eigenvalue weighted by molar-refractivity contribution is 0.0197. The molecule has 1 aromatic rings. The molecule has 23 heavy (non-hydrogen) atoms. The van der Waals surface area contributed by atoms with Gasteiger partial charge in [0.15, 0.2) is 0 Å². The zero-order valence-corrected chi connectivity index (χ0v) is 14.1. The lowest BCUT2D eigenvalue weighted by atomic mass is 9.86. The normalized spacial score (nSPS) is 18.3. The summed E-state index contributed by atoms with van der Waals surface area (Å²) in [5.41, 5.74) is 2.32. The van der Waals surface area contributed by atoms with Crippen LogP contribution < -0.4 is 0 Å². The highest BCUT2D eigenvalue weighted by Crippen LogP contribution is 2.52. The number of fused-ring (bicyclic) bond motifs is 2. The van der Waals surface area contributed by atoms with E-state index in [2.05, 4.69) is 0 Å². The maximum absolute atomic E-state index is 12.4. The molecular formula is C18H23NO4. The van der Waals surface area contributed by atoms with Crippen molar-refractivity contribution in [1.29, 1.82) is 0 Å². The predicted octanol–water partition coefficient (Wildman–Crippen LogP) is 3.26. The summed E-state index contributed by atoms with van der Waals surface area (Å²) in [4.78, 5) is 25.9. The van der Waals surface area contributed by atoms with Crippen LogP contribution >= 0.6 is 0 Å². The third-order valence-electron chi connectivity index (χ3n) is 4.46. The van der Waals surface area contributed by atoms with Crippen LogP contribution in [0.1, 0.15) is 55.1 Å². The van der Waals surface area contributed by atoms with Crippen molar-refractivity contribution in [2.75, 3.05) is 13.7 Å². The summed E-state index contributed by atoms with van der Waals surface area (Å²) in [6.07, 6.45) is 1.84. The Balaban J connectivity index is 1.89. The summed E-state index contributed by atoms with van der Waals surface area (Å²) in [5, 5.41) is 0. The molecule has 0 bridgehead atoms. The molecule has 1 aromatic carbocycles. The molecule has 1 aliphatic carbocycles. The zero-order valence-electron chi connectivity index (χ0n) is 14.1. The van der Waals surface area contributed by atoms with Crippen molar-refractivity contribution >= 4 is 12.1 Å². The molecule has 1 fully saturated rings. The van der Waals surface area contributed by atoms with E-state index in [4.69, 9.17) is 9.47 Å². The summed E-state index contributed by atoms with van der Waals surface area (Å²) < 4.78 is 10.3. The number of amides is 1. The maximum Gasteiger partial charge on any atom is 0.410 e. The first-order chi connectivity index (χ1) is 10.7. The highest BCUT2D eigenvalue weighted by Gasteiger charge is 2.50. The van der Waals surface area contributed by atoms with E-state index in [0.717, 1.165) is 18.4 Å². The van der Waals surface area contributed by atoms with Crippen molar-refractivity contribution in [3.8, 4) is 0 Å². The molecule has 5 nitrogen and oxygen atoms in total. The van der Waals surface area contributed by atoms with Gasteiger partial charge < -0.3 is 14.4 Å². The van der Waals surface area contributed by atoms with Crippen LogP contribution in [-0.4, -0.2) is 36.2 Å². The zero-order chi connectivity index (χ0) is 16.8. The topological polar surface area (TPSA) is 55.8 Å². The molecule has 1 aliphatic heterocycles. The Kier molecular flexibility index (Phi) is 3.62. The van der Waals surface area contributed by atoms with Gasteiger partial charge in [-0.2, -0.15) is 0 Å². The van der Waals surface area contributed by atoms with Gasteiger partial charge in [0.05, 0.1) is 12.7 Å². The van der Waals surface area contributed by atoms with Crippen LogP contribution in [0.5, 0.6) is 0 Å². The van der Waals surface area contributed by atoms with Gasteiger partial charge >= 0.3 is 12.1 Å². The minimum absolute atomic E-state index is 0.0408. The SMILES string of the molecule is COC(=O)c1ccc2c(c1)CN(C(=O)OC(C)(C)C)CC21CC1. The molecule has 0 aromatic heterocycles. The Morgan fingerprint density at radius 2 is 1.91 bits per heavy atom. The number of ether oxygens (including phenoxy) is 2. The number of hydrogen-bond acceptors (Lipinski definition) is 4. The minimum Gasteiger partial charge on any atom is -0.465 e. The van der Waals surface area contributed by atoms with Crippen molar-refractivity contribution in [1.82, 2.24) is 4.90 Å². The standard InChI is InChI=1S/C18H23NO4/c1-17(2,3)23-16(21)19-10-13-9-12(15(20)22-4)5-6-14(13)18(11-19)7-8-18/h5-6,9H,7-8,10-11H2,1-4H3. The van der Waals surface area contributed by atoms with Crippen molar-refractivity contribution in [2.45, 2.75) is 51.2 Å². The number of esters is 1. The van der Waals surface area contributed by atoms with Crippen molar-refractivity contribution < 1.29 is 19.1 Å². The molecular weight excluding hydrogens is 294 g/mol. The molecule has 3 rings (SSSR count). The average molecular weight is 317 g/mol. The molecule has 0 N–H and O–H groups in total. The van der Waals surface area contributed by atoms with E-state index >= 15 is 0 Å². The molecule has 1 spiro atoms. The Labute approximate surface area is 136 Å². The number of benzene rings is 1. The first-order valence-corrected chi connectivity index (χ1v) is 7.94. The van der Waals surface area contributed by atoms with Crippen LogP contribution in [-0.2, 0) is 21.4 Å². The van der Waals surface area contributed by atoms with Gasteiger partial charge in [0.2, 0.25) is 0 Å². The summed E-state index contributed by atoms with van der Waals surface area (Å²) in [6.45, 7) is 6.75. The lowest BCUT2D eigenvalue weighted by Gasteiger charge is -2.36. The molecule has 1 amide bonds. The van der Waals surface area contributed by atoms with Crippen LogP contribution in [0.25, 0.3) is 0 Å². The van der Waals surface area contributed by atoms with Gasteiger partial charge in [0, 0.05) is 18.5 Å². The smallest absolute Gasteiger partial charge is 0.410 e. The van der Waals surface area contributed by atoms with Gasteiger partial charge in [0.1, 0.15) is 5.60 Å². The third kappa shape index (κ3) is 3.05. The van der Waals surface area contributed by atoms with E-state index < -0.39 is 5.60 Å². The van der Waals surface area contributed by atoms with Crippen LogP contribution in [0, 0.1) is 0 Å². The lowest BCUT2D eigenvalue weighted by Crippen LogP contribution is -2.44.